The van der Waals surface area contributed by atoms with E-state index in [4.69, 9.17) is 0 Å². The van der Waals surface area contributed by atoms with Crippen LogP contribution in [0.3, 0.4) is 0 Å². The number of rotatable bonds is 2. The summed E-state index contributed by atoms with van der Waals surface area (Å²) in [6.45, 7) is 0. The number of halogens is 3. The summed E-state index contributed by atoms with van der Waals surface area (Å²) in [5.74, 6) is -0.385. The average Bonchev–Trinajstić information content (AvgIpc) is 3.12. The zero-order valence-corrected chi connectivity index (χ0v) is 15.7. The molecule has 0 aromatic heterocycles. The van der Waals surface area contributed by atoms with Gasteiger partial charge in [-0.25, -0.2) is 0 Å². The number of hydrogen-bond acceptors (Lipinski definition) is 3. The number of nitrogens with zero attached hydrogens (tertiary/aromatic N) is 1. The quantitative estimate of drug-likeness (QED) is 0.411. The number of nitrogens with one attached hydrogen (secondary N) is 1. The predicted molar refractivity (Wildman–Crippen MR) is 106 cm³/mol. The van der Waals surface area contributed by atoms with Crippen LogP contribution < -0.4 is 5.32 Å². The summed E-state index contributed by atoms with van der Waals surface area (Å²) < 4.78 is 41.2. The largest absolute Gasteiger partial charge is 0.416 e. The van der Waals surface area contributed by atoms with Crippen LogP contribution in [-0.2, 0) is 12.6 Å². The van der Waals surface area contributed by atoms with Crippen molar-refractivity contribution in [1.29, 1.82) is 0 Å². The summed E-state index contributed by atoms with van der Waals surface area (Å²) in [4.78, 5) is 10.9. The van der Waals surface area contributed by atoms with Gasteiger partial charge in [0.2, 0.25) is 0 Å². The van der Waals surface area contributed by atoms with E-state index < -0.39 is 22.7 Å². The lowest BCUT2D eigenvalue weighted by molar-refractivity contribution is -0.384. The molecule has 0 fully saturated rings. The van der Waals surface area contributed by atoms with E-state index in [1.165, 1.54) is 18.2 Å². The Morgan fingerprint density at radius 1 is 0.933 bits per heavy atom. The van der Waals surface area contributed by atoms with E-state index in [1.54, 1.807) is 18.2 Å². The van der Waals surface area contributed by atoms with Gasteiger partial charge < -0.3 is 5.32 Å². The molecule has 3 atom stereocenters. The molecule has 0 bridgehead atoms. The van der Waals surface area contributed by atoms with Crippen LogP contribution in [-0.4, -0.2) is 4.92 Å². The molecule has 5 rings (SSSR count). The van der Waals surface area contributed by atoms with E-state index in [9.17, 15) is 23.3 Å². The maximum absolute atomic E-state index is 13.7. The van der Waals surface area contributed by atoms with E-state index in [2.05, 4.69) is 5.32 Å². The highest BCUT2D eigenvalue weighted by molar-refractivity contribution is 5.65. The topological polar surface area (TPSA) is 55.2 Å². The van der Waals surface area contributed by atoms with Gasteiger partial charge in [0.25, 0.3) is 5.69 Å². The molecule has 3 aromatic rings. The number of hydrogen-bond donors (Lipinski definition) is 1. The molecule has 2 aliphatic rings. The van der Waals surface area contributed by atoms with Crippen molar-refractivity contribution >= 4 is 11.4 Å². The molecule has 0 spiro atoms. The number of non-ortho nitro benzene ring substituents is 1. The van der Waals surface area contributed by atoms with Crippen molar-refractivity contribution < 1.29 is 18.1 Å². The fourth-order valence-electron chi connectivity index (χ4n) is 5.00. The number of nitro benzene ring substituents is 1. The van der Waals surface area contributed by atoms with Crippen LogP contribution in [0.25, 0.3) is 0 Å². The molecule has 3 aromatic carbocycles. The maximum Gasteiger partial charge on any atom is 0.416 e. The van der Waals surface area contributed by atoms with Gasteiger partial charge in [0.15, 0.2) is 0 Å². The van der Waals surface area contributed by atoms with E-state index in [-0.39, 0.29) is 23.1 Å². The molecule has 0 saturated carbocycles. The van der Waals surface area contributed by atoms with Gasteiger partial charge in [-0.15, -0.1) is 0 Å². The Morgan fingerprint density at radius 3 is 2.37 bits per heavy atom. The molecule has 152 valence electrons. The Balaban J connectivity index is 1.70. The Labute approximate surface area is 170 Å². The van der Waals surface area contributed by atoms with E-state index in [0.29, 0.717) is 12.1 Å². The van der Waals surface area contributed by atoms with Gasteiger partial charge >= 0.3 is 6.18 Å². The van der Waals surface area contributed by atoms with Gasteiger partial charge in [-0.3, -0.25) is 10.1 Å². The second kappa shape index (κ2) is 6.58. The smallest absolute Gasteiger partial charge is 0.378 e. The molecule has 1 heterocycles. The molecule has 1 aliphatic heterocycles. The average molecular weight is 410 g/mol. The summed E-state index contributed by atoms with van der Waals surface area (Å²) in [6, 6.07) is 17.4. The summed E-state index contributed by atoms with van der Waals surface area (Å²) >= 11 is 0. The Morgan fingerprint density at radius 2 is 1.63 bits per heavy atom. The van der Waals surface area contributed by atoms with Crippen molar-refractivity contribution in [2.45, 2.75) is 24.6 Å². The van der Waals surface area contributed by atoms with Crippen molar-refractivity contribution in [3.63, 3.8) is 0 Å². The second-order valence-corrected chi connectivity index (χ2v) is 7.78. The molecule has 1 N–H and O–H groups in total. The number of fused-ring (bicyclic) bond motifs is 5. The van der Waals surface area contributed by atoms with Crippen molar-refractivity contribution in [1.82, 2.24) is 0 Å². The number of alkyl halides is 3. The van der Waals surface area contributed by atoms with Crippen LogP contribution in [0.5, 0.6) is 0 Å². The third-order valence-electron chi connectivity index (χ3n) is 6.20. The summed E-state index contributed by atoms with van der Waals surface area (Å²) in [5.41, 5.74) is 3.04. The van der Waals surface area contributed by atoms with Crippen molar-refractivity contribution in [3.8, 4) is 0 Å². The fraction of sp³-hybridized carbons (Fsp3) is 0.217. The number of nitro groups is 1. The van der Waals surface area contributed by atoms with Crippen LogP contribution >= 0.6 is 0 Å². The lowest BCUT2D eigenvalue weighted by Gasteiger charge is -2.38. The SMILES string of the molecule is O=[N+]([O-])c1ccc2c(c1)[C@H]1c3ccccc3C[C@@H]1[C@H](c1ccccc1C(F)(F)F)N2. The maximum atomic E-state index is 13.7. The molecular weight excluding hydrogens is 393 g/mol. The fourth-order valence-corrected chi connectivity index (χ4v) is 5.00. The standard InChI is InChI=1S/C23H17F3N2O2/c24-23(25,26)19-8-4-3-7-16(19)22-18-11-13-5-1-2-6-15(13)21(18)17-12-14(28(29)30)9-10-20(17)27-22/h1-10,12,18,21-22,27H,11H2/t18-,21+,22-/m0/s1. The highest BCUT2D eigenvalue weighted by atomic mass is 19.4. The first-order valence-electron chi connectivity index (χ1n) is 9.63. The van der Waals surface area contributed by atoms with Gasteiger partial charge in [0, 0.05) is 23.7 Å². The van der Waals surface area contributed by atoms with E-state index >= 15 is 0 Å². The lowest BCUT2D eigenvalue weighted by Crippen LogP contribution is -2.32. The molecule has 0 unspecified atom stereocenters. The van der Waals surface area contributed by atoms with Gasteiger partial charge in [-0.1, -0.05) is 42.5 Å². The molecule has 0 amide bonds. The third-order valence-corrected chi connectivity index (χ3v) is 6.20. The van der Waals surface area contributed by atoms with Crippen molar-refractivity contribution in [2.75, 3.05) is 5.32 Å². The van der Waals surface area contributed by atoms with E-state index in [1.807, 2.05) is 24.3 Å². The van der Waals surface area contributed by atoms with Crippen LogP contribution in [0.2, 0.25) is 0 Å². The molecule has 7 heteroatoms. The third kappa shape index (κ3) is 2.84. The second-order valence-electron chi connectivity index (χ2n) is 7.78. The molecular formula is C23H17F3N2O2. The first-order valence-corrected chi connectivity index (χ1v) is 9.63. The van der Waals surface area contributed by atoms with Gasteiger partial charge in [-0.05, 0) is 46.7 Å². The minimum atomic E-state index is -4.46. The van der Waals surface area contributed by atoms with Crippen LogP contribution in [0.15, 0.2) is 66.7 Å². The van der Waals surface area contributed by atoms with Crippen molar-refractivity contribution in [3.05, 3.63) is 105 Å². The van der Waals surface area contributed by atoms with E-state index in [0.717, 1.165) is 22.8 Å². The monoisotopic (exact) mass is 410 g/mol. The highest BCUT2D eigenvalue weighted by Crippen LogP contribution is 2.55. The normalized spacial score (nSPS) is 21.9. The Hall–Kier alpha value is -3.35. The molecule has 4 nitrogen and oxygen atoms in total. The predicted octanol–water partition coefficient (Wildman–Crippen LogP) is 6.08. The summed E-state index contributed by atoms with van der Waals surface area (Å²) in [5, 5.41) is 14.6. The zero-order valence-electron chi connectivity index (χ0n) is 15.7. The minimum Gasteiger partial charge on any atom is -0.378 e. The first-order chi connectivity index (χ1) is 14.3. The Bertz CT molecular complexity index is 1160. The molecule has 0 saturated heterocycles. The minimum absolute atomic E-state index is 0.0205. The Kier molecular flexibility index (Phi) is 4.10. The van der Waals surface area contributed by atoms with Crippen molar-refractivity contribution in [2.24, 2.45) is 5.92 Å². The first kappa shape index (κ1) is 18.7. The highest BCUT2D eigenvalue weighted by Gasteiger charge is 2.46. The van der Waals surface area contributed by atoms with Gasteiger partial charge in [-0.2, -0.15) is 13.2 Å². The molecule has 1 aliphatic carbocycles. The summed E-state index contributed by atoms with van der Waals surface area (Å²) in [7, 11) is 0. The molecule has 0 radical (unpaired) electrons. The summed E-state index contributed by atoms with van der Waals surface area (Å²) in [6.07, 6.45) is -3.86. The molecule has 30 heavy (non-hydrogen) atoms. The lowest BCUT2D eigenvalue weighted by atomic mass is 9.74. The van der Waals surface area contributed by atoms with Crippen LogP contribution in [0.4, 0.5) is 24.5 Å². The van der Waals surface area contributed by atoms with Crippen LogP contribution in [0.1, 0.15) is 39.8 Å². The van der Waals surface area contributed by atoms with Crippen LogP contribution in [0, 0.1) is 16.0 Å². The number of benzene rings is 3. The zero-order chi connectivity index (χ0) is 21.0. The van der Waals surface area contributed by atoms with Gasteiger partial charge in [0.1, 0.15) is 0 Å². The number of anilines is 1. The van der Waals surface area contributed by atoms with Gasteiger partial charge in [0.05, 0.1) is 16.5 Å².